The second-order valence-corrected chi connectivity index (χ2v) is 7.99. The monoisotopic (exact) mass is 447 g/mol. The normalized spacial score (nSPS) is 10.6. The molecule has 0 bridgehead atoms. The Morgan fingerprint density at radius 3 is 2.27 bits per heavy atom. The summed E-state index contributed by atoms with van der Waals surface area (Å²) in [5, 5.41) is 9.24. The van der Waals surface area contributed by atoms with E-state index in [2.05, 4.69) is 6.58 Å². The molecule has 3 aromatic carbocycles. The second kappa shape index (κ2) is 9.69. The van der Waals surface area contributed by atoms with Crippen LogP contribution in [0.2, 0.25) is 0 Å². The number of nitrogens with zero attached hydrogens (tertiary/aromatic N) is 1. The van der Waals surface area contributed by atoms with Crippen LogP contribution < -0.4 is 9.64 Å². The first-order valence-corrected chi connectivity index (χ1v) is 10.4. The van der Waals surface area contributed by atoms with E-state index >= 15 is 0 Å². The predicted molar refractivity (Wildman–Crippen MR) is 127 cm³/mol. The average molecular weight is 448 g/mol. The van der Waals surface area contributed by atoms with Gasteiger partial charge in [-0.15, -0.1) is 0 Å². The molecule has 0 amide bonds. The molecule has 5 nitrogen and oxygen atoms in total. The first-order valence-electron chi connectivity index (χ1n) is 10.4. The number of Topliss-reactive ketones (excluding diaryl/α,β-unsaturated/α-hetero) is 1. The minimum absolute atomic E-state index is 0.179. The molecular formula is C27H26FNO4. The number of ether oxygens (including phenoxy) is 1. The number of benzene rings is 3. The van der Waals surface area contributed by atoms with Crippen molar-refractivity contribution in [2.24, 2.45) is 0 Å². The zero-order valence-electron chi connectivity index (χ0n) is 19.1. The summed E-state index contributed by atoms with van der Waals surface area (Å²) in [4.78, 5) is 25.4. The largest absolute Gasteiger partial charge is 0.478 e. The van der Waals surface area contributed by atoms with E-state index in [1.165, 1.54) is 13.0 Å². The number of aromatic carboxylic acids is 1. The van der Waals surface area contributed by atoms with Crippen LogP contribution in [0.15, 0.2) is 61.3 Å². The maximum Gasteiger partial charge on any atom is 0.335 e. The Hall–Kier alpha value is -3.93. The van der Waals surface area contributed by atoms with Crippen molar-refractivity contribution in [3.63, 3.8) is 0 Å². The SMILES string of the molecule is C=CN(Cc1ccc(C)cc1F)c1ccc(Oc2c(C)cc(C(=O)O)cc2C)cc1C(C)=O. The summed E-state index contributed by atoms with van der Waals surface area (Å²) in [6, 6.07) is 13.2. The van der Waals surface area contributed by atoms with Crippen molar-refractivity contribution in [3.05, 3.63) is 101 Å². The Morgan fingerprint density at radius 2 is 1.73 bits per heavy atom. The molecule has 170 valence electrons. The van der Waals surface area contributed by atoms with Gasteiger partial charge in [0.15, 0.2) is 5.78 Å². The number of aryl methyl sites for hydroxylation is 3. The molecule has 1 N–H and O–H groups in total. The van der Waals surface area contributed by atoms with Gasteiger partial charge in [0.1, 0.15) is 17.3 Å². The fourth-order valence-electron chi connectivity index (χ4n) is 3.68. The van der Waals surface area contributed by atoms with Gasteiger partial charge in [0.05, 0.1) is 17.8 Å². The summed E-state index contributed by atoms with van der Waals surface area (Å²) in [6.07, 6.45) is 1.56. The molecule has 6 heteroatoms. The van der Waals surface area contributed by atoms with Gasteiger partial charge >= 0.3 is 5.97 Å². The fourth-order valence-corrected chi connectivity index (χ4v) is 3.68. The quantitative estimate of drug-likeness (QED) is 0.394. The Labute approximate surface area is 192 Å². The van der Waals surface area contributed by atoms with Crippen LogP contribution in [0.5, 0.6) is 11.5 Å². The maximum atomic E-state index is 14.4. The lowest BCUT2D eigenvalue weighted by Crippen LogP contribution is -2.18. The van der Waals surface area contributed by atoms with Crippen molar-refractivity contribution in [1.82, 2.24) is 0 Å². The third-order valence-corrected chi connectivity index (χ3v) is 5.35. The summed E-state index contributed by atoms with van der Waals surface area (Å²) >= 11 is 0. The Morgan fingerprint density at radius 1 is 1.06 bits per heavy atom. The predicted octanol–water partition coefficient (Wildman–Crippen LogP) is 6.59. The van der Waals surface area contributed by atoms with Crippen LogP contribution in [0.25, 0.3) is 0 Å². The number of ketones is 1. The number of carbonyl (C=O) groups is 2. The number of anilines is 1. The molecule has 0 aliphatic carbocycles. The lowest BCUT2D eigenvalue weighted by molar-refractivity contribution is 0.0696. The van der Waals surface area contributed by atoms with Gasteiger partial charge in [0.2, 0.25) is 0 Å². The summed E-state index contributed by atoms with van der Waals surface area (Å²) in [5.41, 5.74) is 3.82. The lowest BCUT2D eigenvalue weighted by Gasteiger charge is -2.24. The van der Waals surface area contributed by atoms with Gasteiger partial charge in [-0.2, -0.15) is 0 Å². The molecule has 0 atom stereocenters. The Kier molecular flexibility index (Phi) is 6.97. The number of rotatable bonds is 8. The molecular weight excluding hydrogens is 421 g/mol. The van der Waals surface area contributed by atoms with Gasteiger partial charge in [-0.05, 0) is 87.0 Å². The fraction of sp³-hybridized carbons (Fsp3) is 0.185. The van der Waals surface area contributed by atoms with Crippen LogP contribution in [0, 0.1) is 26.6 Å². The van der Waals surface area contributed by atoms with Gasteiger partial charge < -0.3 is 14.7 Å². The zero-order chi connectivity index (χ0) is 24.3. The maximum absolute atomic E-state index is 14.4. The van der Waals surface area contributed by atoms with Crippen molar-refractivity contribution < 1.29 is 23.8 Å². The number of carboxylic acids is 1. The second-order valence-electron chi connectivity index (χ2n) is 7.99. The van der Waals surface area contributed by atoms with Gasteiger partial charge in [-0.1, -0.05) is 18.7 Å². The first-order chi connectivity index (χ1) is 15.6. The minimum Gasteiger partial charge on any atom is -0.478 e. The van der Waals surface area contributed by atoms with Gasteiger partial charge in [-0.25, -0.2) is 9.18 Å². The number of hydrogen-bond acceptors (Lipinski definition) is 4. The molecule has 0 aliphatic heterocycles. The highest BCUT2D eigenvalue weighted by molar-refractivity contribution is 6.00. The molecule has 0 fully saturated rings. The average Bonchev–Trinajstić information content (AvgIpc) is 2.75. The van der Waals surface area contributed by atoms with E-state index in [-0.39, 0.29) is 23.7 Å². The molecule has 0 aromatic heterocycles. The van der Waals surface area contributed by atoms with E-state index in [1.807, 2.05) is 13.0 Å². The molecule has 0 unspecified atom stereocenters. The van der Waals surface area contributed by atoms with E-state index in [0.717, 1.165) is 5.56 Å². The number of hydrogen-bond donors (Lipinski definition) is 1. The van der Waals surface area contributed by atoms with Crippen molar-refractivity contribution in [2.75, 3.05) is 4.90 Å². The topological polar surface area (TPSA) is 66.8 Å². The first kappa shape index (κ1) is 23.7. The van der Waals surface area contributed by atoms with E-state index < -0.39 is 5.97 Å². The van der Waals surface area contributed by atoms with Crippen molar-refractivity contribution in [3.8, 4) is 11.5 Å². The highest BCUT2D eigenvalue weighted by Crippen LogP contribution is 2.34. The van der Waals surface area contributed by atoms with Crippen LogP contribution in [-0.2, 0) is 6.54 Å². The molecule has 0 saturated heterocycles. The van der Waals surface area contributed by atoms with Crippen molar-refractivity contribution in [1.29, 1.82) is 0 Å². The molecule has 0 spiro atoms. The van der Waals surface area contributed by atoms with Crippen LogP contribution >= 0.6 is 0 Å². The Bertz CT molecular complexity index is 1230. The van der Waals surface area contributed by atoms with E-state index in [0.29, 0.717) is 39.4 Å². The molecule has 3 rings (SSSR count). The number of carbonyl (C=O) groups excluding carboxylic acids is 1. The molecule has 0 heterocycles. The van der Waals surface area contributed by atoms with E-state index in [1.54, 1.807) is 61.3 Å². The van der Waals surface area contributed by atoms with Crippen LogP contribution in [0.3, 0.4) is 0 Å². The summed E-state index contributed by atoms with van der Waals surface area (Å²) in [5.74, 6) is -0.540. The lowest BCUT2D eigenvalue weighted by atomic mass is 10.0. The molecule has 0 radical (unpaired) electrons. The van der Waals surface area contributed by atoms with E-state index in [4.69, 9.17) is 4.74 Å². The smallest absolute Gasteiger partial charge is 0.335 e. The summed E-state index contributed by atoms with van der Waals surface area (Å²) in [7, 11) is 0. The van der Waals surface area contributed by atoms with Crippen LogP contribution in [0.4, 0.5) is 10.1 Å². The number of carboxylic acid groups (broad SMARTS) is 1. The van der Waals surface area contributed by atoms with Crippen molar-refractivity contribution >= 4 is 17.4 Å². The van der Waals surface area contributed by atoms with Crippen molar-refractivity contribution in [2.45, 2.75) is 34.2 Å². The third kappa shape index (κ3) is 5.29. The molecule has 0 aliphatic rings. The van der Waals surface area contributed by atoms with Gasteiger partial charge in [0.25, 0.3) is 0 Å². The van der Waals surface area contributed by atoms with Gasteiger partial charge in [-0.3, -0.25) is 4.79 Å². The highest BCUT2D eigenvalue weighted by atomic mass is 19.1. The summed E-state index contributed by atoms with van der Waals surface area (Å²) in [6.45, 7) is 10.9. The Balaban J connectivity index is 1.96. The van der Waals surface area contributed by atoms with Gasteiger partial charge in [0, 0.05) is 11.1 Å². The zero-order valence-corrected chi connectivity index (χ0v) is 19.1. The third-order valence-electron chi connectivity index (χ3n) is 5.35. The summed E-state index contributed by atoms with van der Waals surface area (Å²) < 4.78 is 20.4. The molecule has 33 heavy (non-hydrogen) atoms. The van der Waals surface area contributed by atoms with Crippen LogP contribution in [-0.4, -0.2) is 16.9 Å². The number of halogens is 1. The minimum atomic E-state index is -1.01. The highest BCUT2D eigenvalue weighted by Gasteiger charge is 2.17. The standard InChI is InChI=1S/C27H26FNO4/c1-6-29(15-20-8-7-16(2)11-24(20)28)25-10-9-22(14-23(25)19(5)30)33-26-17(3)12-21(27(31)32)13-18(26)4/h6-14H,1,15H2,2-5H3,(H,31,32). The molecule has 3 aromatic rings. The van der Waals surface area contributed by atoms with Crippen LogP contribution in [0.1, 0.15) is 49.9 Å². The van der Waals surface area contributed by atoms with E-state index in [9.17, 15) is 19.1 Å². The molecule has 0 saturated carbocycles.